The van der Waals surface area contributed by atoms with E-state index < -0.39 is 0 Å². The van der Waals surface area contributed by atoms with Crippen LogP contribution in [-0.4, -0.2) is 28.5 Å². The molecule has 0 unspecified atom stereocenters. The number of benzene rings is 1. The van der Waals surface area contributed by atoms with Crippen molar-refractivity contribution in [1.29, 1.82) is 0 Å². The molecule has 1 aliphatic heterocycles. The first-order chi connectivity index (χ1) is 10.2. The summed E-state index contributed by atoms with van der Waals surface area (Å²) in [6.07, 6.45) is 5.97. The van der Waals surface area contributed by atoms with E-state index in [1.54, 1.807) is 0 Å². The SMILES string of the molecule is Cn1c(C(=O)N2CCCCCCC2)cc2c(Cl)cccc21. The summed E-state index contributed by atoms with van der Waals surface area (Å²) in [7, 11) is 1.94. The number of likely N-dealkylation sites (tertiary alicyclic amines) is 1. The predicted octanol–water partition coefficient (Wildman–Crippen LogP) is 4.24. The Kier molecular flexibility index (Phi) is 4.20. The normalized spacial score (nSPS) is 16.8. The number of aryl methyl sites for hydroxylation is 1. The Morgan fingerprint density at radius 1 is 1.10 bits per heavy atom. The molecule has 2 heterocycles. The first-order valence-electron chi connectivity index (χ1n) is 7.71. The molecule has 112 valence electrons. The standard InChI is InChI=1S/C17H21ClN2O/c1-19-15-9-7-8-14(18)13(15)12-16(19)17(21)20-10-5-3-2-4-6-11-20/h7-9,12H,2-6,10-11H2,1H3. The lowest BCUT2D eigenvalue weighted by Gasteiger charge is -2.25. The van der Waals surface area contributed by atoms with Gasteiger partial charge in [-0.15, -0.1) is 0 Å². The number of rotatable bonds is 1. The van der Waals surface area contributed by atoms with Crippen molar-refractivity contribution < 1.29 is 4.79 Å². The number of hydrogen-bond acceptors (Lipinski definition) is 1. The summed E-state index contributed by atoms with van der Waals surface area (Å²) in [4.78, 5) is 14.8. The van der Waals surface area contributed by atoms with Gasteiger partial charge in [-0.05, 0) is 31.0 Å². The van der Waals surface area contributed by atoms with E-state index in [4.69, 9.17) is 11.6 Å². The van der Waals surface area contributed by atoms with Crippen molar-refractivity contribution in [2.75, 3.05) is 13.1 Å². The van der Waals surface area contributed by atoms with Crippen LogP contribution in [0.3, 0.4) is 0 Å². The lowest BCUT2D eigenvalue weighted by molar-refractivity contribution is 0.0733. The predicted molar refractivity (Wildman–Crippen MR) is 86.9 cm³/mol. The van der Waals surface area contributed by atoms with Gasteiger partial charge in [-0.2, -0.15) is 0 Å². The minimum absolute atomic E-state index is 0.131. The molecule has 0 aliphatic carbocycles. The Balaban J connectivity index is 1.93. The fraction of sp³-hybridized carbons (Fsp3) is 0.471. The second-order valence-electron chi connectivity index (χ2n) is 5.82. The Hall–Kier alpha value is -1.48. The maximum absolute atomic E-state index is 12.8. The second-order valence-corrected chi connectivity index (χ2v) is 6.23. The molecule has 2 aromatic rings. The van der Waals surface area contributed by atoms with E-state index in [0.717, 1.165) is 42.5 Å². The molecule has 0 saturated carbocycles. The molecule has 4 heteroatoms. The number of carbonyl (C=O) groups excluding carboxylic acids is 1. The fourth-order valence-corrected chi connectivity index (χ4v) is 3.37. The minimum Gasteiger partial charge on any atom is -0.340 e. The summed E-state index contributed by atoms with van der Waals surface area (Å²) < 4.78 is 1.96. The van der Waals surface area contributed by atoms with Gasteiger partial charge in [0.25, 0.3) is 5.91 Å². The van der Waals surface area contributed by atoms with Crippen LogP contribution in [0.5, 0.6) is 0 Å². The van der Waals surface area contributed by atoms with E-state index in [9.17, 15) is 4.79 Å². The molecule has 0 atom stereocenters. The summed E-state index contributed by atoms with van der Waals surface area (Å²) in [5.41, 5.74) is 1.75. The van der Waals surface area contributed by atoms with E-state index in [2.05, 4.69) is 0 Å². The molecule has 1 aromatic carbocycles. The highest BCUT2D eigenvalue weighted by Gasteiger charge is 2.21. The molecule has 0 N–H and O–H groups in total. The van der Waals surface area contributed by atoms with Crippen molar-refractivity contribution in [1.82, 2.24) is 9.47 Å². The Bertz CT molecular complexity index is 654. The van der Waals surface area contributed by atoms with Crippen LogP contribution in [0.2, 0.25) is 5.02 Å². The lowest BCUT2D eigenvalue weighted by atomic mass is 10.1. The molecule has 1 aliphatic rings. The molecule has 0 spiro atoms. The highest BCUT2D eigenvalue weighted by Crippen LogP contribution is 2.27. The average Bonchev–Trinajstić information content (AvgIpc) is 2.77. The van der Waals surface area contributed by atoms with E-state index >= 15 is 0 Å². The largest absolute Gasteiger partial charge is 0.340 e. The third kappa shape index (κ3) is 2.80. The molecule has 1 amide bonds. The van der Waals surface area contributed by atoms with E-state index in [1.807, 2.05) is 40.8 Å². The molecule has 3 rings (SSSR count). The molecule has 21 heavy (non-hydrogen) atoms. The van der Waals surface area contributed by atoms with Gasteiger partial charge in [0, 0.05) is 36.1 Å². The molecule has 1 aromatic heterocycles. The van der Waals surface area contributed by atoms with Crippen LogP contribution in [0.15, 0.2) is 24.3 Å². The first-order valence-corrected chi connectivity index (χ1v) is 8.09. The molecular weight excluding hydrogens is 284 g/mol. The van der Waals surface area contributed by atoms with Crippen molar-refractivity contribution >= 4 is 28.4 Å². The van der Waals surface area contributed by atoms with E-state index in [0.29, 0.717) is 5.02 Å². The van der Waals surface area contributed by atoms with Crippen molar-refractivity contribution in [3.05, 3.63) is 35.0 Å². The van der Waals surface area contributed by atoms with Crippen LogP contribution in [0.4, 0.5) is 0 Å². The van der Waals surface area contributed by atoms with Crippen LogP contribution < -0.4 is 0 Å². The van der Waals surface area contributed by atoms with Gasteiger partial charge < -0.3 is 9.47 Å². The highest BCUT2D eigenvalue weighted by molar-refractivity contribution is 6.35. The number of nitrogens with zero attached hydrogens (tertiary/aromatic N) is 2. The molecule has 3 nitrogen and oxygen atoms in total. The van der Waals surface area contributed by atoms with Crippen molar-refractivity contribution in [2.45, 2.75) is 32.1 Å². The number of aromatic nitrogens is 1. The molecule has 1 fully saturated rings. The van der Waals surface area contributed by atoms with Gasteiger partial charge in [0.15, 0.2) is 0 Å². The quantitative estimate of drug-likeness (QED) is 0.773. The zero-order chi connectivity index (χ0) is 14.8. The smallest absolute Gasteiger partial charge is 0.270 e. The Labute approximate surface area is 130 Å². The van der Waals surface area contributed by atoms with Crippen molar-refractivity contribution in [3.8, 4) is 0 Å². The highest BCUT2D eigenvalue weighted by atomic mass is 35.5. The number of fused-ring (bicyclic) bond motifs is 1. The van der Waals surface area contributed by atoms with Gasteiger partial charge in [0.05, 0.1) is 0 Å². The topological polar surface area (TPSA) is 25.2 Å². The molecular formula is C17H21ClN2O. The van der Waals surface area contributed by atoms with Gasteiger partial charge in [-0.1, -0.05) is 36.9 Å². The van der Waals surface area contributed by atoms with Crippen LogP contribution in [0.25, 0.3) is 10.9 Å². The molecule has 0 radical (unpaired) electrons. The third-order valence-electron chi connectivity index (χ3n) is 4.40. The zero-order valence-electron chi connectivity index (χ0n) is 12.4. The summed E-state index contributed by atoms with van der Waals surface area (Å²) in [6.45, 7) is 1.74. The number of hydrogen-bond donors (Lipinski definition) is 0. The van der Waals surface area contributed by atoms with E-state index in [1.165, 1.54) is 19.3 Å². The van der Waals surface area contributed by atoms with Crippen LogP contribution >= 0.6 is 11.6 Å². The molecule has 0 bridgehead atoms. The summed E-state index contributed by atoms with van der Waals surface area (Å²) in [5, 5.41) is 1.66. The Morgan fingerprint density at radius 2 is 1.76 bits per heavy atom. The maximum Gasteiger partial charge on any atom is 0.270 e. The van der Waals surface area contributed by atoms with Crippen LogP contribution in [0.1, 0.15) is 42.6 Å². The first kappa shape index (κ1) is 14.5. The van der Waals surface area contributed by atoms with Gasteiger partial charge in [-0.25, -0.2) is 0 Å². The maximum atomic E-state index is 12.8. The number of carbonyl (C=O) groups is 1. The minimum atomic E-state index is 0.131. The zero-order valence-corrected chi connectivity index (χ0v) is 13.2. The van der Waals surface area contributed by atoms with Gasteiger partial charge in [0.1, 0.15) is 5.69 Å². The lowest BCUT2D eigenvalue weighted by Crippen LogP contribution is -2.34. The van der Waals surface area contributed by atoms with Crippen molar-refractivity contribution in [3.63, 3.8) is 0 Å². The second kappa shape index (κ2) is 6.10. The van der Waals surface area contributed by atoms with Gasteiger partial charge >= 0.3 is 0 Å². The monoisotopic (exact) mass is 304 g/mol. The Morgan fingerprint density at radius 3 is 2.43 bits per heavy atom. The fourth-order valence-electron chi connectivity index (χ4n) is 3.14. The summed E-state index contributed by atoms with van der Waals surface area (Å²) in [6, 6.07) is 7.73. The average molecular weight is 305 g/mol. The molecule has 1 saturated heterocycles. The van der Waals surface area contributed by atoms with Crippen molar-refractivity contribution in [2.24, 2.45) is 7.05 Å². The number of amides is 1. The van der Waals surface area contributed by atoms with Crippen LogP contribution in [0, 0.1) is 0 Å². The third-order valence-corrected chi connectivity index (χ3v) is 4.73. The van der Waals surface area contributed by atoms with E-state index in [-0.39, 0.29) is 5.91 Å². The summed E-state index contributed by atoms with van der Waals surface area (Å²) >= 11 is 6.24. The van der Waals surface area contributed by atoms with Gasteiger partial charge in [0.2, 0.25) is 0 Å². The van der Waals surface area contributed by atoms with Gasteiger partial charge in [-0.3, -0.25) is 4.79 Å². The summed E-state index contributed by atoms with van der Waals surface area (Å²) in [5.74, 6) is 0.131. The van der Waals surface area contributed by atoms with Crippen LogP contribution in [-0.2, 0) is 7.05 Å². The number of halogens is 1.